The molecule has 0 bridgehead atoms. The molecule has 1 heterocycles. The lowest BCUT2D eigenvalue weighted by molar-refractivity contribution is -0.119. The first-order valence-electron chi connectivity index (χ1n) is 6.26. The van der Waals surface area contributed by atoms with Crippen molar-refractivity contribution in [3.05, 3.63) is 29.3 Å². The van der Waals surface area contributed by atoms with Crippen LogP contribution in [0.15, 0.2) is 18.2 Å². The largest absolute Gasteiger partial charge is 0.369 e. The fourth-order valence-electron chi connectivity index (χ4n) is 2.39. The summed E-state index contributed by atoms with van der Waals surface area (Å²) in [6, 6.07) is 5.72. The van der Waals surface area contributed by atoms with Crippen LogP contribution in [0.5, 0.6) is 0 Å². The van der Waals surface area contributed by atoms with E-state index in [0.29, 0.717) is 6.42 Å². The number of primary amides is 1. The Balaban J connectivity index is 2.23. The van der Waals surface area contributed by atoms with Crippen LogP contribution < -0.4 is 10.6 Å². The van der Waals surface area contributed by atoms with Gasteiger partial charge in [-0.05, 0) is 37.0 Å². The van der Waals surface area contributed by atoms with E-state index in [4.69, 9.17) is 5.73 Å². The van der Waals surface area contributed by atoms with Crippen molar-refractivity contribution in [3.8, 4) is 0 Å². The van der Waals surface area contributed by atoms with Gasteiger partial charge in [0.25, 0.3) is 0 Å². The van der Waals surface area contributed by atoms with Gasteiger partial charge in [-0.15, -0.1) is 0 Å². The highest BCUT2D eigenvalue weighted by molar-refractivity contribution is 5.94. The summed E-state index contributed by atoms with van der Waals surface area (Å²) in [5.41, 5.74) is 8.04. The second-order valence-corrected chi connectivity index (χ2v) is 4.77. The van der Waals surface area contributed by atoms with Gasteiger partial charge in [0.15, 0.2) is 0 Å². The van der Waals surface area contributed by atoms with Gasteiger partial charge in [-0.2, -0.15) is 0 Å². The van der Waals surface area contributed by atoms with Crippen molar-refractivity contribution in [2.45, 2.75) is 32.6 Å². The molecule has 0 unspecified atom stereocenters. The van der Waals surface area contributed by atoms with Crippen molar-refractivity contribution in [1.82, 2.24) is 0 Å². The number of aryl methyl sites for hydroxylation is 1. The van der Waals surface area contributed by atoms with Gasteiger partial charge in [-0.3, -0.25) is 9.59 Å². The molecule has 18 heavy (non-hydrogen) atoms. The van der Waals surface area contributed by atoms with Crippen LogP contribution in [0.1, 0.15) is 30.4 Å². The maximum absolute atomic E-state index is 11.9. The van der Waals surface area contributed by atoms with Crippen LogP contribution in [-0.2, 0) is 16.0 Å². The molecule has 4 nitrogen and oxygen atoms in total. The van der Waals surface area contributed by atoms with Crippen LogP contribution in [-0.4, -0.2) is 18.4 Å². The number of amides is 2. The molecule has 1 aliphatic rings. The predicted octanol–water partition coefficient (Wildman–Crippen LogP) is 1.54. The highest BCUT2D eigenvalue weighted by atomic mass is 16.2. The minimum absolute atomic E-state index is 0.187. The van der Waals surface area contributed by atoms with Crippen molar-refractivity contribution >= 4 is 17.5 Å². The Labute approximate surface area is 107 Å². The number of nitrogens with zero attached hydrogens (tertiary/aromatic N) is 1. The van der Waals surface area contributed by atoms with Crippen LogP contribution in [0, 0.1) is 6.92 Å². The first kappa shape index (κ1) is 12.6. The molecule has 1 fully saturated rings. The molecule has 2 amide bonds. The Kier molecular flexibility index (Phi) is 3.65. The summed E-state index contributed by atoms with van der Waals surface area (Å²) in [4.78, 5) is 24.6. The number of piperidine rings is 1. The lowest BCUT2D eigenvalue weighted by Crippen LogP contribution is -2.35. The van der Waals surface area contributed by atoms with Gasteiger partial charge in [0.05, 0.1) is 6.42 Å². The Morgan fingerprint density at radius 3 is 2.78 bits per heavy atom. The van der Waals surface area contributed by atoms with E-state index in [1.165, 1.54) is 0 Å². The minimum atomic E-state index is -0.337. The minimum Gasteiger partial charge on any atom is -0.369 e. The maximum Gasteiger partial charge on any atom is 0.226 e. The van der Waals surface area contributed by atoms with Crippen LogP contribution in [0.2, 0.25) is 0 Å². The van der Waals surface area contributed by atoms with E-state index in [2.05, 4.69) is 0 Å². The van der Waals surface area contributed by atoms with E-state index in [1.54, 1.807) is 0 Å². The topological polar surface area (TPSA) is 63.4 Å². The summed E-state index contributed by atoms with van der Waals surface area (Å²) < 4.78 is 0. The number of rotatable bonds is 3. The lowest BCUT2D eigenvalue weighted by atomic mass is 10.0. The van der Waals surface area contributed by atoms with Crippen molar-refractivity contribution < 1.29 is 9.59 Å². The highest BCUT2D eigenvalue weighted by Crippen LogP contribution is 2.25. The molecule has 0 aliphatic carbocycles. The quantitative estimate of drug-likeness (QED) is 0.879. The zero-order chi connectivity index (χ0) is 13.1. The standard InChI is InChI=1S/C14H18N2O2/c1-10-8-11(9-13(15)17)5-6-12(10)16-7-3-2-4-14(16)18/h5-6,8H,2-4,7,9H2,1H3,(H2,15,17). The lowest BCUT2D eigenvalue weighted by Gasteiger charge is -2.28. The second-order valence-electron chi connectivity index (χ2n) is 4.77. The zero-order valence-corrected chi connectivity index (χ0v) is 10.6. The van der Waals surface area contributed by atoms with E-state index in [-0.39, 0.29) is 18.2 Å². The van der Waals surface area contributed by atoms with Crippen molar-refractivity contribution in [3.63, 3.8) is 0 Å². The van der Waals surface area contributed by atoms with Crippen LogP contribution in [0.4, 0.5) is 5.69 Å². The first-order valence-corrected chi connectivity index (χ1v) is 6.26. The van der Waals surface area contributed by atoms with E-state index in [1.807, 2.05) is 30.0 Å². The molecular weight excluding hydrogens is 228 g/mol. The molecule has 0 radical (unpaired) electrons. The van der Waals surface area contributed by atoms with E-state index >= 15 is 0 Å². The van der Waals surface area contributed by atoms with Gasteiger partial charge in [-0.25, -0.2) is 0 Å². The molecular formula is C14H18N2O2. The molecule has 0 saturated carbocycles. The summed E-state index contributed by atoms with van der Waals surface area (Å²) in [5.74, 6) is -0.150. The number of carbonyl (C=O) groups is 2. The van der Waals surface area contributed by atoms with Crippen LogP contribution in [0.25, 0.3) is 0 Å². The Hall–Kier alpha value is -1.84. The second kappa shape index (κ2) is 5.21. The summed E-state index contributed by atoms with van der Waals surface area (Å²) in [5, 5.41) is 0. The molecule has 0 aromatic heterocycles. The highest BCUT2D eigenvalue weighted by Gasteiger charge is 2.20. The van der Waals surface area contributed by atoms with E-state index < -0.39 is 0 Å². The number of hydrogen-bond acceptors (Lipinski definition) is 2. The average molecular weight is 246 g/mol. The third-order valence-electron chi connectivity index (χ3n) is 3.25. The van der Waals surface area contributed by atoms with E-state index in [9.17, 15) is 9.59 Å². The summed E-state index contributed by atoms with van der Waals surface area (Å²) >= 11 is 0. The van der Waals surface area contributed by atoms with Crippen molar-refractivity contribution in [2.75, 3.05) is 11.4 Å². The number of nitrogens with two attached hydrogens (primary N) is 1. The van der Waals surface area contributed by atoms with Crippen LogP contribution >= 0.6 is 0 Å². The predicted molar refractivity (Wildman–Crippen MR) is 70.3 cm³/mol. The van der Waals surface area contributed by atoms with Crippen molar-refractivity contribution in [1.29, 1.82) is 0 Å². The van der Waals surface area contributed by atoms with Gasteiger partial charge in [0.2, 0.25) is 11.8 Å². The SMILES string of the molecule is Cc1cc(CC(N)=O)ccc1N1CCCCC1=O. The molecule has 2 N–H and O–H groups in total. The fourth-order valence-corrected chi connectivity index (χ4v) is 2.39. The smallest absolute Gasteiger partial charge is 0.226 e. The van der Waals surface area contributed by atoms with Crippen LogP contribution in [0.3, 0.4) is 0 Å². The third-order valence-corrected chi connectivity index (χ3v) is 3.25. The zero-order valence-electron chi connectivity index (χ0n) is 10.6. The average Bonchev–Trinajstić information content (AvgIpc) is 2.30. The molecule has 1 aromatic carbocycles. The molecule has 0 spiro atoms. The third kappa shape index (κ3) is 2.70. The monoisotopic (exact) mass is 246 g/mol. The van der Waals surface area contributed by atoms with Gasteiger partial charge >= 0.3 is 0 Å². The van der Waals surface area contributed by atoms with E-state index in [0.717, 1.165) is 36.2 Å². The first-order chi connectivity index (χ1) is 8.58. The normalized spacial score (nSPS) is 15.8. The van der Waals surface area contributed by atoms with Gasteiger partial charge in [-0.1, -0.05) is 12.1 Å². The Bertz CT molecular complexity index is 483. The summed E-state index contributed by atoms with van der Waals surface area (Å²) in [7, 11) is 0. The number of carbonyl (C=O) groups excluding carboxylic acids is 2. The molecule has 1 aromatic rings. The van der Waals surface area contributed by atoms with Gasteiger partial charge in [0.1, 0.15) is 0 Å². The Morgan fingerprint density at radius 1 is 1.39 bits per heavy atom. The number of benzene rings is 1. The van der Waals surface area contributed by atoms with Gasteiger partial charge < -0.3 is 10.6 Å². The molecule has 0 atom stereocenters. The molecule has 1 saturated heterocycles. The van der Waals surface area contributed by atoms with Crippen molar-refractivity contribution in [2.24, 2.45) is 5.73 Å². The maximum atomic E-state index is 11.9. The molecule has 2 rings (SSSR count). The van der Waals surface area contributed by atoms with Gasteiger partial charge in [0, 0.05) is 18.7 Å². The number of hydrogen-bond donors (Lipinski definition) is 1. The fraction of sp³-hybridized carbons (Fsp3) is 0.429. The molecule has 1 aliphatic heterocycles. The molecule has 4 heteroatoms. The number of anilines is 1. The molecule has 96 valence electrons. The Morgan fingerprint density at radius 2 is 2.17 bits per heavy atom. The summed E-state index contributed by atoms with van der Waals surface area (Å²) in [6.45, 7) is 2.75. The summed E-state index contributed by atoms with van der Waals surface area (Å²) in [6.07, 6.45) is 2.90.